The highest BCUT2D eigenvalue weighted by atomic mass is 16.5. The van der Waals surface area contributed by atoms with Crippen molar-refractivity contribution in [2.45, 2.75) is 25.6 Å². The minimum Gasteiger partial charge on any atom is -0.497 e. The summed E-state index contributed by atoms with van der Waals surface area (Å²) in [5.74, 6) is 0.819. The van der Waals surface area contributed by atoms with Crippen molar-refractivity contribution in [1.29, 1.82) is 0 Å². The molecule has 25 heavy (non-hydrogen) atoms. The highest BCUT2D eigenvalue weighted by Gasteiger charge is 2.16. The molecule has 0 radical (unpaired) electrons. The third kappa shape index (κ3) is 5.79. The van der Waals surface area contributed by atoms with Gasteiger partial charge in [-0.2, -0.15) is 5.10 Å². The zero-order valence-electron chi connectivity index (χ0n) is 15.3. The van der Waals surface area contributed by atoms with Gasteiger partial charge in [-0.3, -0.25) is 4.68 Å². The van der Waals surface area contributed by atoms with Crippen molar-refractivity contribution < 1.29 is 9.53 Å². The lowest BCUT2D eigenvalue weighted by molar-refractivity contribution is 0.228. The number of carbonyl (C=O) groups is 1. The molecule has 7 nitrogen and oxygen atoms in total. The van der Waals surface area contributed by atoms with Crippen molar-refractivity contribution in [2.75, 3.05) is 27.7 Å². The summed E-state index contributed by atoms with van der Waals surface area (Å²) in [6.45, 7) is 3.10. The Balaban J connectivity index is 1.86. The molecule has 7 heteroatoms. The maximum absolute atomic E-state index is 12.2. The summed E-state index contributed by atoms with van der Waals surface area (Å²) in [7, 11) is 5.64. The standard InChI is InChI=1S/C18H27N5O2/c1-14(13-23-11-5-10-20-23)21-18(24)19-12-17(22(2)3)15-6-8-16(25-4)9-7-15/h5-11,14,17H,12-13H2,1-4H3,(H2,19,21,24). The monoisotopic (exact) mass is 345 g/mol. The number of methoxy groups -OCH3 is 1. The fourth-order valence-electron chi connectivity index (χ4n) is 2.62. The van der Waals surface area contributed by atoms with Gasteiger partial charge in [0.1, 0.15) is 5.75 Å². The van der Waals surface area contributed by atoms with Gasteiger partial charge in [-0.25, -0.2) is 4.79 Å². The molecule has 136 valence electrons. The number of hydrogen-bond donors (Lipinski definition) is 2. The average molecular weight is 345 g/mol. The van der Waals surface area contributed by atoms with Crippen LogP contribution in [-0.4, -0.2) is 54.5 Å². The van der Waals surface area contributed by atoms with Crippen LogP contribution in [0.25, 0.3) is 0 Å². The Kier molecular flexibility index (Phi) is 6.82. The first-order chi connectivity index (χ1) is 12.0. The number of aromatic nitrogens is 2. The van der Waals surface area contributed by atoms with E-state index in [1.807, 2.05) is 57.5 Å². The second kappa shape index (κ2) is 9.08. The zero-order valence-corrected chi connectivity index (χ0v) is 15.3. The maximum atomic E-state index is 12.2. The van der Waals surface area contributed by atoms with Crippen molar-refractivity contribution in [3.05, 3.63) is 48.3 Å². The van der Waals surface area contributed by atoms with Gasteiger partial charge in [-0.05, 0) is 44.8 Å². The second-order valence-corrected chi connectivity index (χ2v) is 6.24. The van der Waals surface area contributed by atoms with Crippen molar-refractivity contribution in [3.63, 3.8) is 0 Å². The molecule has 2 unspecified atom stereocenters. The Morgan fingerprint density at radius 3 is 2.60 bits per heavy atom. The van der Waals surface area contributed by atoms with E-state index in [4.69, 9.17) is 4.74 Å². The van der Waals surface area contributed by atoms with Gasteiger partial charge in [0.05, 0.1) is 19.7 Å². The van der Waals surface area contributed by atoms with Crippen molar-refractivity contribution >= 4 is 6.03 Å². The van der Waals surface area contributed by atoms with Crippen molar-refractivity contribution in [3.8, 4) is 5.75 Å². The first kappa shape index (κ1) is 18.8. The summed E-state index contributed by atoms with van der Waals surface area (Å²) in [4.78, 5) is 14.2. The third-order valence-corrected chi connectivity index (χ3v) is 3.98. The molecule has 0 spiro atoms. The highest BCUT2D eigenvalue weighted by Crippen LogP contribution is 2.20. The number of carbonyl (C=O) groups excluding carboxylic acids is 1. The first-order valence-corrected chi connectivity index (χ1v) is 8.31. The minimum atomic E-state index is -0.181. The summed E-state index contributed by atoms with van der Waals surface area (Å²) >= 11 is 0. The summed E-state index contributed by atoms with van der Waals surface area (Å²) in [5, 5.41) is 10.0. The molecule has 0 fully saturated rings. The Morgan fingerprint density at radius 1 is 1.32 bits per heavy atom. The van der Waals surface area contributed by atoms with Crippen molar-refractivity contribution in [1.82, 2.24) is 25.3 Å². The van der Waals surface area contributed by atoms with E-state index >= 15 is 0 Å². The number of nitrogens with one attached hydrogen (secondary N) is 2. The summed E-state index contributed by atoms with van der Waals surface area (Å²) in [6.07, 6.45) is 3.60. The molecular formula is C18H27N5O2. The molecule has 0 aliphatic heterocycles. The number of ether oxygens (including phenoxy) is 1. The normalized spacial score (nSPS) is 13.3. The van der Waals surface area contributed by atoms with Gasteiger partial charge >= 0.3 is 6.03 Å². The molecule has 2 N–H and O–H groups in total. The third-order valence-electron chi connectivity index (χ3n) is 3.98. The molecule has 1 aromatic heterocycles. The van der Waals surface area contributed by atoms with Gasteiger partial charge in [0, 0.05) is 25.0 Å². The maximum Gasteiger partial charge on any atom is 0.315 e. The van der Waals surface area contributed by atoms with Crippen LogP contribution in [-0.2, 0) is 6.54 Å². The van der Waals surface area contributed by atoms with Gasteiger partial charge < -0.3 is 20.3 Å². The topological polar surface area (TPSA) is 71.4 Å². The second-order valence-electron chi connectivity index (χ2n) is 6.24. The fraction of sp³-hybridized carbons (Fsp3) is 0.444. The van der Waals surface area contributed by atoms with Crippen LogP contribution in [0.4, 0.5) is 4.79 Å². The predicted molar refractivity (Wildman–Crippen MR) is 97.6 cm³/mol. The molecular weight excluding hydrogens is 318 g/mol. The zero-order chi connectivity index (χ0) is 18.2. The van der Waals surface area contributed by atoms with Crippen LogP contribution in [0.2, 0.25) is 0 Å². The molecule has 0 aliphatic carbocycles. The number of urea groups is 1. The van der Waals surface area contributed by atoms with Crippen LogP contribution in [0.1, 0.15) is 18.5 Å². The van der Waals surface area contributed by atoms with Gasteiger partial charge in [0.15, 0.2) is 0 Å². The van der Waals surface area contributed by atoms with Crippen LogP contribution in [0.15, 0.2) is 42.7 Å². The number of nitrogens with zero attached hydrogens (tertiary/aromatic N) is 3. The van der Waals surface area contributed by atoms with Crippen LogP contribution in [0.3, 0.4) is 0 Å². The van der Waals surface area contributed by atoms with E-state index in [1.54, 1.807) is 18.0 Å². The van der Waals surface area contributed by atoms with Gasteiger partial charge in [0.25, 0.3) is 0 Å². The van der Waals surface area contributed by atoms with Gasteiger partial charge in [0.2, 0.25) is 0 Å². The molecule has 0 aliphatic rings. The summed E-state index contributed by atoms with van der Waals surface area (Å²) in [5.41, 5.74) is 1.12. The Labute approximate surface area is 149 Å². The van der Waals surface area contributed by atoms with E-state index in [2.05, 4.69) is 20.6 Å². The molecule has 0 bridgehead atoms. The molecule has 1 aromatic carbocycles. The lowest BCUT2D eigenvalue weighted by Crippen LogP contribution is -2.45. The Hall–Kier alpha value is -2.54. The van der Waals surface area contributed by atoms with E-state index in [9.17, 15) is 4.79 Å². The molecule has 2 atom stereocenters. The van der Waals surface area contributed by atoms with E-state index < -0.39 is 0 Å². The van der Waals surface area contributed by atoms with E-state index in [1.165, 1.54) is 0 Å². The molecule has 1 heterocycles. The molecule has 2 aromatic rings. The van der Waals surface area contributed by atoms with E-state index in [0.717, 1.165) is 11.3 Å². The van der Waals surface area contributed by atoms with Crippen LogP contribution >= 0.6 is 0 Å². The number of hydrogen-bond acceptors (Lipinski definition) is 4. The van der Waals surface area contributed by atoms with E-state index in [-0.39, 0.29) is 18.1 Å². The van der Waals surface area contributed by atoms with Crippen molar-refractivity contribution in [2.24, 2.45) is 0 Å². The smallest absolute Gasteiger partial charge is 0.315 e. The van der Waals surface area contributed by atoms with Gasteiger partial charge in [-0.1, -0.05) is 12.1 Å². The first-order valence-electron chi connectivity index (χ1n) is 8.31. The number of rotatable bonds is 8. The predicted octanol–water partition coefficient (Wildman–Crippen LogP) is 1.88. The number of likely N-dealkylation sites (N-methyl/N-ethyl adjacent to an activating group) is 1. The number of benzene rings is 1. The summed E-state index contributed by atoms with van der Waals surface area (Å²) < 4.78 is 6.99. The molecule has 0 saturated carbocycles. The lowest BCUT2D eigenvalue weighted by Gasteiger charge is -2.25. The minimum absolute atomic E-state index is 0.0151. The Bertz CT molecular complexity index is 640. The molecule has 2 amide bonds. The summed E-state index contributed by atoms with van der Waals surface area (Å²) in [6, 6.07) is 9.64. The fourth-order valence-corrected chi connectivity index (χ4v) is 2.62. The quantitative estimate of drug-likeness (QED) is 0.766. The Morgan fingerprint density at radius 2 is 2.04 bits per heavy atom. The largest absolute Gasteiger partial charge is 0.497 e. The van der Waals surface area contributed by atoms with Crippen LogP contribution < -0.4 is 15.4 Å². The average Bonchev–Trinajstić information content (AvgIpc) is 3.08. The van der Waals surface area contributed by atoms with Gasteiger partial charge in [-0.15, -0.1) is 0 Å². The lowest BCUT2D eigenvalue weighted by atomic mass is 10.1. The molecule has 2 rings (SSSR count). The number of amides is 2. The SMILES string of the molecule is COc1ccc(C(CNC(=O)NC(C)Cn2cccn2)N(C)C)cc1. The highest BCUT2D eigenvalue weighted by molar-refractivity contribution is 5.74. The van der Waals surface area contributed by atoms with Crippen LogP contribution in [0.5, 0.6) is 5.75 Å². The van der Waals surface area contributed by atoms with E-state index in [0.29, 0.717) is 13.1 Å². The molecule has 0 saturated heterocycles. The van der Waals surface area contributed by atoms with Crippen LogP contribution in [0, 0.1) is 0 Å².